The zero-order valence-electron chi connectivity index (χ0n) is 7.06. The maximum absolute atomic E-state index is 11.7. The van der Waals surface area contributed by atoms with Crippen LogP contribution in [0.5, 0.6) is 0 Å². The summed E-state index contributed by atoms with van der Waals surface area (Å²) in [5.41, 5.74) is 0.387. The molecule has 3 aliphatic carbocycles. The number of hydrogen-bond donors (Lipinski definition) is 0. The van der Waals surface area contributed by atoms with Crippen LogP contribution in [0.1, 0.15) is 19.3 Å². The highest BCUT2D eigenvalue weighted by Crippen LogP contribution is 2.73. The zero-order chi connectivity index (χ0) is 9.53. The molecule has 13 heavy (non-hydrogen) atoms. The molecule has 0 radical (unpaired) electrons. The fraction of sp³-hybridized carbons (Fsp3) is 1.00. The normalized spacial score (nSPS) is 41.5. The molecule has 2 nitrogen and oxygen atoms in total. The Morgan fingerprint density at radius 1 is 1.15 bits per heavy atom. The number of rotatable bonds is 5. The highest BCUT2D eigenvalue weighted by Gasteiger charge is 2.67. The van der Waals surface area contributed by atoms with E-state index in [0.29, 0.717) is 5.41 Å². The summed E-state index contributed by atoms with van der Waals surface area (Å²) in [6.45, 7) is -1.65. The van der Waals surface area contributed by atoms with Crippen LogP contribution >= 0.6 is 23.0 Å². The van der Waals surface area contributed by atoms with Crippen LogP contribution in [0.4, 0.5) is 8.78 Å². The molecule has 0 N–H and O–H groups in total. The van der Waals surface area contributed by atoms with Crippen molar-refractivity contribution in [1.29, 1.82) is 0 Å². The van der Waals surface area contributed by atoms with Crippen molar-refractivity contribution in [1.82, 2.24) is 0 Å². The molecule has 3 fully saturated rings. The molecule has 0 atom stereocenters. The van der Waals surface area contributed by atoms with Crippen molar-refractivity contribution in [2.45, 2.75) is 25.9 Å². The number of hydrogen-bond acceptors (Lipinski definition) is 2. The van der Waals surface area contributed by atoms with E-state index < -0.39 is 6.61 Å². The predicted molar refractivity (Wildman–Crippen MR) is 50.6 cm³/mol. The van der Waals surface area contributed by atoms with Gasteiger partial charge >= 0.3 is 6.61 Å². The lowest BCUT2D eigenvalue weighted by Crippen LogP contribution is -2.65. The molecule has 3 rings (SSSR count). The van der Waals surface area contributed by atoms with Gasteiger partial charge in [0.05, 0.1) is 13.2 Å². The third kappa shape index (κ3) is 1.70. The van der Waals surface area contributed by atoms with Crippen LogP contribution in [0.25, 0.3) is 0 Å². The maximum atomic E-state index is 11.7. The molecule has 0 heterocycles. The molecule has 0 aromatic rings. The van der Waals surface area contributed by atoms with Gasteiger partial charge < -0.3 is 7.80 Å². The van der Waals surface area contributed by atoms with Gasteiger partial charge in [-0.15, -0.1) is 0 Å². The average molecular weight is 304 g/mol. The van der Waals surface area contributed by atoms with E-state index in [-0.39, 0.29) is 12.0 Å². The van der Waals surface area contributed by atoms with E-state index in [1.165, 1.54) is 0 Å². The second kappa shape index (κ2) is 3.27. The minimum absolute atomic E-state index is 0.0750. The molecule has 3 aliphatic rings. The Kier molecular flexibility index (Phi) is 2.53. The van der Waals surface area contributed by atoms with E-state index in [1.807, 2.05) is 23.0 Å². The van der Waals surface area contributed by atoms with Gasteiger partial charge in [0, 0.05) is 0 Å². The molecule has 0 spiro atoms. The molecule has 0 aromatic carbocycles. The molecule has 5 heteroatoms. The Balaban J connectivity index is 1.71. The largest absolute Gasteiger partial charge is 0.345 e. The summed E-state index contributed by atoms with van der Waals surface area (Å²) in [4.78, 5) is 0. The summed E-state index contributed by atoms with van der Waals surface area (Å²) in [5.74, 6) is 0. The van der Waals surface area contributed by atoms with Crippen LogP contribution in [0.3, 0.4) is 0 Å². The highest BCUT2D eigenvalue weighted by molar-refractivity contribution is 14.1. The van der Waals surface area contributed by atoms with Crippen LogP contribution in [-0.4, -0.2) is 19.8 Å². The molecular formula is C8H11F2IO2. The van der Waals surface area contributed by atoms with Gasteiger partial charge in [-0.25, -0.2) is 0 Å². The molecule has 2 bridgehead atoms. The Morgan fingerprint density at radius 3 is 2.15 bits per heavy atom. The minimum Gasteiger partial charge on any atom is -0.322 e. The van der Waals surface area contributed by atoms with E-state index in [2.05, 4.69) is 4.74 Å². The van der Waals surface area contributed by atoms with Crippen molar-refractivity contribution in [3.05, 3.63) is 0 Å². The van der Waals surface area contributed by atoms with Gasteiger partial charge in [0.15, 0.2) is 0 Å². The van der Waals surface area contributed by atoms with E-state index in [1.54, 1.807) is 0 Å². The van der Waals surface area contributed by atoms with Crippen LogP contribution in [0.2, 0.25) is 0 Å². The summed E-state index contributed by atoms with van der Waals surface area (Å²) in [6.07, 6.45) is 2.99. The van der Waals surface area contributed by atoms with Crippen molar-refractivity contribution >= 4 is 23.0 Å². The van der Waals surface area contributed by atoms with Gasteiger partial charge in [-0.3, -0.25) is 0 Å². The zero-order valence-corrected chi connectivity index (χ0v) is 9.22. The Labute approximate surface area is 89.7 Å². The summed E-state index contributed by atoms with van der Waals surface area (Å²) < 4.78 is 32.8. The SMILES string of the molecule is FC(F)OCC12CC(COI)(C1)C2. The van der Waals surface area contributed by atoms with Crippen molar-refractivity contribution in [2.24, 2.45) is 10.8 Å². The van der Waals surface area contributed by atoms with E-state index >= 15 is 0 Å². The quantitative estimate of drug-likeness (QED) is 0.727. The molecule has 0 aliphatic heterocycles. The molecule has 3 saturated carbocycles. The summed E-state index contributed by atoms with van der Waals surface area (Å²) in [7, 11) is 0. The first-order valence-corrected chi connectivity index (χ1v) is 5.11. The first-order valence-electron chi connectivity index (χ1n) is 4.23. The van der Waals surface area contributed by atoms with Gasteiger partial charge in [0.2, 0.25) is 0 Å². The molecule has 0 unspecified atom stereocenters. The monoisotopic (exact) mass is 304 g/mol. The minimum atomic E-state index is -2.62. The van der Waals surface area contributed by atoms with Crippen molar-refractivity contribution < 1.29 is 16.6 Å². The predicted octanol–water partition coefficient (Wildman–Crippen LogP) is 2.76. The third-order valence-corrected chi connectivity index (χ3v) is 3.44. The maximum Gasteiger partial charge on any atom is 0.345 e. The Morgan fingerprint density at radius 2 is 1.69 bits per heavy atom. The fourth-order valence-corrected chi connectivity index (χ4v) is 3.55. The first kappa shape index (κ1) is 10.0. The molecule has 0 amide bonds. The van der Waals surface area contributed by atoms with Crippen molar-refractivity contribution in [3.8, 4) is 0 Å². The Bertz CT molecular complexity index is 191. The van der Waals surface area contributed by atoms with Crippen molar-refractivity contribution in [2.75, 3.05) is 13.2 Å². The van der Waals surface area contributed by atoms with E-state index in [0.717, 1.165) is 25.9 Å². The smallest absolute Gasteiger partial charge is 0.322 e. The van der Waals surface area contributed by atoms with Gasteiger partial charge in [0.25, 0.3) is 0 Å². The van der Waals surface area contributed by atoms with Crippen LogP contribution in [0, 0.1) is 10.8 Å². The van der Waals surface area contributed by atoms with Gasteiger partial charge in [-0.2, -0.15) is 8.78 Å². The van der Waals surface area contributed by atoms with Gasteiger partial charge in [0.1, 0.15) is 23.0 Å². The number of ether oxygens (including phenoxy) is 1. The molecule has 0 saturated heterocycles. The van der Waals surface area contributed by atoms with Gasteiger partial charge in [-0.05, 0) is 30.1 Å². The van der Waals surface area contributed by atoms with E-state index in [4.69, 9.17) is 3.07 Å². The summed E-state index contributed by atoms with van der Waals surface area (Å²) in [5, 5.41) is 0. The first-order chi connectivity index (χ1) is 6.10. The fourth-order valence-electron chi connectivity index (χ4n) is 2.89. The topological polar surface area (TPSA) is 18.5 Å². The third-order valence-electron chi connectivity index (χ3n) is 3.13. The lowest BCUT2D eigenvalue weighted by molar-refractivity contribution is -0.267. The number of halogens is 3. The summed E-state index contributed by atoms with van der Waals surface area (Å²) in [6, 6.07) is 0. The highest BCUT2D eigenvalue weighted by atomic mass is 127. The lowest BCUT2D eigenvalue weighted by atomic mass is 9.36. The lowest BCUT2D eigenvalue weighted by Gasteiger charge is -2.70. The second-order valence-electron chi connectivity index (χ2n) is 4.36. The van der Waals surface area contributed by atoms with Crippen LogP contribution in [-0.2, 0) is 7.80 Å². The van der Waals surface area contributed by atoms with E-state index in [9.17, 15) is 8.78 Å². The van der Waals surface area contributed by atoms with Crippen LogP contribution < -0.4 is 0 Å². The average Bonchev–Trinajstić information content (AvgIpc) is 1.91. The van der Waals surface area contributed by atoms with Gasteiger partial charge in [-0.1, -0.05) is 0 Å². The second-order valence-corrected chi connectivity index (χ2v) is 4.98. The van der Waals surface area contributed by atoms with Crippen molar-refractivity contribution in [3.63, 3.8) is 0 Å². The Hall–Kier alpha value is 0.510. The standard InChI is InChI=1S/C8H11F2IO2/c9-6(10)12-4-7-1-8(2-7,3-7)5-13-11/h6H,1-5H2. The van der Waals surface area contributed by atoms with Crippen LogP contribution in [0.15, 0.2) is 0 Å². The summed E-state index contributed by atoms with van der Waals surface area (Å²) >= 11 is 1.88. The molecular weight excluding hydrogens is 293 g/mol. The molecule has 0 aromatic heterocycles. The molecule has 76 valence electrons. The number of alkyl halides is 2.